The van der Waals surface area contributed by atoms with Crippen LogP contribution in [0.4, 0.5) is 0 Å². The van der Waals surface area contributed by atoms with E-state index < -0.39 is 0 Å². The lowest BCUT2D eigenvalue weighted by atomic mass is 10.1. The summed E-state index contributed by atoms with van der Waals surface area (Å²) in [6.45, 7) is 5.60. The van der Waals surface area contributed by atoms with Crippen LogP contribution >= 0.6 is 11.6 Å². The zero-order valence-corrected chi connectivity index (χ0v) is 16.3. The molecule has 27 heavy (non-hydrogen) atoms. The standard InChI is InChI=1S/C20H22ClN5O/c1-13-16(12-18(27)25-10-6-3-7-11-25)14(2)26-20(22-13)23-19(24-26)15-8-4-5-9-17(15)21/h4-5,8-9H,3,6-7,10-12H2,1-2H3. The summed E-state index contributed by atoms with van der Waals surface area (Å²) in [4.78, 5) is 23.8. The zero-order valence-electron chi connectivity index (χ0n) is 15.6. The topological polar surface area (TPSA) is 63.4 Å². The number of fused-ring (bicyclic) bond motifs is 1. The maximum absolute atomic E-state index is 12.7. The molecule has 0 N–H and O–H groups in total. The van der Waals surface area contributed by atoms with E-state index in [2.05, 4.69) is 15.1 Å². The Balaban J connectivity index is 1.70. The van der Waals surface area contributed by atoms with Gasteiger partial charge in [0.25, 0.3) is 5.78 Å². The number of halogens is 1. The van der Waals surface area contributed by atoms with Crippen LogP contribution in [0.15, 0.2) is 24.3 Å². The third kappa shape index (κ3) is 3.41. The van der Waals surface area contributed by atoms with Crippen molar-refractivity contribution in [3.63, 3.8) is 0 Å². The van der Waals surface area contributed by atoms with Crippen LogP contribution in [0.3, 0.4) is 0 Å². The molecule has 6 nitrogen and oxygen atoms in total. The van der Waals surface area contributed by atoms with Crippen molar-refractivity contribution in [2.75, 3.05) is 13.1 Å². The molecule has 4 rings (SSSR count). The highest BCUT2D eigenvalue weighted by molar-refractivity contribution is 6.33. The molecule has 1 amide bonds. The molecular formula is C20H22ClN5O. The normalized spacial score (nSPS) is 14.7. The average molecular weight is 384 g/mol. The van der Waals surface area contributed by atoms with E-state index in [0.29, 0.717) is 23.0 Å². The maximum Gasteiger partial charge on any atom is 0.253 e. The van der Waals surface area contributed by atoms with E-state index in [1.807, 2.05) is 43.0 Å². The summed E-state index contributed by atoms with van der Waals surface area (Å²) >= 11 is 6.28. The minimum absolute atomic E-state index is 0.161. The molecule has 0 unspecified atom stereocenters. The second-order valence-electron chi connectivity index (χ2n) is 7.01. The molecular weight excluding hydrogens is 362 g/mol. The third-order valence-electron chi connectivity index (χ3n) is 5.20. The number of rotatable bonds is 3. The molecule has 1 aliphatic rings. The molecule has 0 saturated carbocycles. The average Bonchev–Trinajstić information content (AvgIpc) is 3.10. The van der Waals surface area contributed by atoms with Gasteiger partial charge in [-0.1, -0.05) is 23.7 Å². The lowest BCUT2D eigenvalue weighted by Gasteiger charge is -2.27. The van der Waals surface area contributed by atoms with Gasteiger partial charge in [0.1, 0.15) is 0 Å². The predicted octanol–water partition coefficient (Wildman–Crippen LogP) is 3.62. The Morgan fingerprint density at radius 1 is 1.11 bits per heavy atom. The Bertz CT molecular complexity index is 1010. The van der Waals surface area contributed by atoms with Crippen molar-refractivity contribution in [1.82, 2.24) is 24.5 Å². The van der Waals surface area contributed by atoms with Gasteiger partial charge in [-0.15, -0.1) is 5.10 Å². The number of aromatic nitrogens is 4. The van der Waals surface area contributed by atoms with Crippen LogP contribution < -0.4 is 0 Å². The van der Waals surface area contributed by atoms with Gasteiger partial charge in [-0.05, 0) is 45.2 Å². The molecule has 3 heterocycles. The molecule has 1 aliphatic heterocycles. The van der Waals surface area contributed by atoms with Crippen molar-refractivity contribution in [3.8, 4) is 11.4 Å². The Kier molecular flexibility index (Phi) is 4.83. The van der Waals surface area contributed by atoms with Crippen molar-refractivity contribution in [2.24, 2.45) is 0 Å². The highest BCUT2D eigenvalue weighted by atomic mass is 35.5. The summed E-state index contributed by atoms with van der Waals surface area (Å²) in [7, 11) is 0. The van der Waals surface area contributed by atoms with Crippen molar-refractivity contribution < 1.29 is 4.79 Å². The highest BCUT2D eigenvalue weighted by Crippen LogP contribution is 2.26. The zero-order chi connectivity index (χ0) is 19.0. The third-order valence-corrected chi connectivity index (χ3v) is 5.53. The first-order valence-electron chi connectivity index (χ1n) is 9.30. The molecule has 140 valence electrons. The number of hydrogen-bond donors (Lipinski definition) is 0. The summed E-state index contributed by atoms with van der Waals surface area (Å²) in [5, 5.41) is 5.20. The van der Waals surface area contributed by atoms with E-state index in [0.717, 1.165) is 48.4 Å². The quantitative estimate of drug-likeness (QED) is 0.693. The maximum atomic E-state index is 12.7. The van der Waals surface area contributed by atoms with Gasteiger partial charge in [-0.2, -0.15) is 4.98 Å². The van der Waals surface area contributed by atoms with Gasteiger partial charge < -0.3 is 4.90 Å². The Labute approximate surface area is 163 Å². The lowest BCUT2D eigenvalue weighted by molar-refractivity contribution is -0.131. The number of likely N-dealkylation sites (tertiary alicyclic amines) is 1. The number of aryl methyl sites for hydroxylation is 2. The summed E-state index contributed by atoms with van der Waals surface area (Å²) in [5.74, 6) is 1.22. The van der Waals surface area contributed by atoms with Gasteiger partial charge in [0, 0.05) is 35.6 Å². The second kappa shape index (κ2) is 7.27. The van der Waals surface area contributed by atoms with Crippen LogP contribution in [0.2, 0.25) is 5.02 Å². The predicted molar refractivity (Wildman–Crippen MR) is 105 cm³/mol. The number of piperidine rings is 1. The van der Waals surface area contributed by atoms with Crippen molar-refractivity contribution in [2.45, 2.75) is 39.5 Å². The molecule has 1 aromatic carbocycles. The number of hydrogen-bond acceptors (Lipinski definition) is 4. The summed E-state index contributed by atoms with van der Waals surface area (Å²) in [6.07, 6.45) is 3.73. The first-order valence-corrected chi connectivity index (χ1v) is 9.68. The molecule has 0 spiro atoms. The monoisotopic (exact) mass is 383 g/mol. The van der Waals surface area contributed by atoms with E-state index >= 15 is 0 Å². The largest absolute Gasteiger partial charge is 0.342 e. The van der Waals surface area contributed by atoms with Crippen molar-refractivity contribution in [1.29, 1.82) is 0 Å². The van der Waals surface area contributed by atoms with Crippen molar-refractivity contribution in [3.05, 3.63) is 46.2 Å². The number of carbonyl (C=O) groups is 1. The van der Waals surface area contributed by atoms with Gasteiger partial charge in [0.15, 0.2) is 5.82 Å². The minimum Gasteiger partial charge on any atom is -0.342 e. The Morgan fingerprint density at radius 3 is 2.59 bits per heavy atom. The molecule has 0 aliphatic carbocycles. The second-order valence-corrected chi connectivity index (χ2v) is 7.41. The molecule has 0 atom stereocenters. The summed E-state index contributed by atoms with van der Waals surface area (Å²) in [5.41, 5.74) is 3.42. The lowest BCUT2D eigenvalue weighted by Crippen LogP contribution is -2.37. The number of benzene rings is 1. The molecule has 1 fully saturated rings. The molecule has 2 aromatic heterocycles. The molecule has 0 bridgehead atoms. The molecule has 3 aromatic rings. The van der Waals surface area contributed by atoms with Gasteiger partial charge >= 0.3 is 0 Å². The first kappa shape index (κ1) is 17.9. The van der Waals surface area contributed by atoms with E-state index in [-0.39, 0.29) is 5.91 Å². The van der Waals surface area contributed by atoms with Crippen LogP contribution in [-0.4, -0.2) is 43.5 Å². The fraction of sp³-hybridized carbons (Fsp3) is 0.400. The molecule has 0 radical (unpaired) electrons. The van der Waals surface area contributed by atoms with Crippen molar-refractivity contribution >= 4 is 23.3 Å². The highest BCUT2D eigenvalue weighted by Gasteiger charge is 2.21. The van der Waals surface area contributed by atoms with E-state index in [1.54, 1.807) is 4.52 Å². The van der Waals surface area contributed by atoms with Crippen LogP contribution in [0, 0.1) is 13.8 Å². The summed E-state index contributed by atoms with van der Waals surface area (Å²) < 4.78 is 1.71. The first-order chi connectivity index (χ1) is 13.0. The van der Waals surface area contributed by atoms with Gasteiger partial charge in [0.05, 0.1) is 11.4 Å². The fourth-order valence-corrected chi connectivity index (χ4v) is 3.85. The fourth-order valence-electron chi connectivity index (χ4n) is 3.63. The minimum atomic E-state index is 0.161. The van der Waals surface area contributed by atoms with E-state index in [4.69, 9.17) is 11.6 Å². The molecule has 1 saturated heterocycles. The van der Waals surface area contributed by atoms with E-state index in [9.17, 15) is 4.79 Å². The van der Waals surface area contributed by atoms with Crippen LogP contribution in [0.5, 0.6) is 0 Å². The summed E-state index contributed by atoms with van der Waals surface area (Å²) in [6, 6.07) is 7.48. The Morgan fingerprint density at radius 2 is 1.85 bits per heavy atom. The number of carbonyl (C=O) groups excluding carboxylic acids is 1. The number of amides is 1. The van der Waals surface area contributed by atoms with Crippen LogP contribution in [0.1, 0.15) is 36.2 Å². The van der Waals surface area contributed by atoms with Gasteiger partial charge in [-0.3, -0.25) is 4.79 Å². The smallest absolute Gasteiger partial charge is 0.253 e. The van der Waals surface area contributed by atoms with Gasteiger partial charge in [0.2, 0.25) is 5.91 Å². The molecule has 7 heteroatoms. The van der Waals surface area contributed by atoms with Gasteiger partial charge in [-0.25, -0.2) is 9.50 Å². The van der Waals surface area contributed by atoms with Crippen LogP contribution in [0.25, 0.3) is 17.2 Å². The van der Waals surface area contributed by atoms with Crippen LogP contribution in [-0.2, 0) is 11.2 Å². The Hall–Kier alpha value is -2.47. The SMILES string of the molecule is Cc1nc2nc(-c3ccccc3Cl)nn2c(C)c1CC(=O)N1CCCCC1. The van der Waals surface area contributed by atoms with E-state index in [1.165, 1.54) is 6.42 Å². The number of nitrogens with zero attached hydrogens (tertiary/aromatic N) is 5.